The van der Waals surface area contributed by atoms with Crippen molar-refractivity contribution >= 4 is 21.9 Å². The van der Waals surface area contributed by atoms with E-state index in [0.717, 1.165) is 5.56 Å². The highest BCUT2D eigenvalue weighted by Crippen LogP contribution is 2.19. The third kappa shape index (κ3) is 7.13. The normalized spacial score (nSPS) is 9.82. The first-order valence-electron chi connectivity index (χ1n) is 4.31. The lowest BCUT2D eigenvalue weighted by atomic mass is 10.1. The summed E-state index contributed by atoms with van der Waals surface area (Å²) in [4.78, 5) is 14.0. The number of ketones is 1. The molecule has 0 heterocycles. The standard InChI is InChI=1S/C9H9N2O.H2O4S/c1-6-5-8(7(2)12)3-4-9(6)11-10;1-5(2,3)4/h3-5H,1-2H3;(H2,1,2,3,4)/q+1;. The molecule has 0 atom stereocenters. The van der Waals surface area contributed by atoms with Crippen LogP contribution in [0.2, 0.25) is 0 Å². The van der Waals surface area contributed by atoms with Crippen LogP contribution in [0, 0.1) is 12.3 Å². The van der Waals surface area contributed by atoms with Gasteiger partial charge in [-0.1, -0.05) is 0 Å². The molecule has 0 unspecified atom stereocenters. The summed E-state index contributed by atoms with van der Waals surface area (Å²) in [6, 6.07) is 4.97. The van der Waals surface area contributed by atoms with Crippen molar-refractivity contribution in [2.45, 2.75) is 13.8 Å². The number of benzene rings is 1. The molecule has 0 aromatic heterocycles. The maximum Gasteiger partial charge on any atom is 0.394 e. The van der Waals surface area contributed by atoms with E-state index in [4.69, 9.17) is 22.9 Å². The van der Waals surface area contributed by atoms with Gasteiger partial charge in [0, 0.05) is 17.2 Å². The molecule has 0 amide bonds. The lowest BCUT2D eigenvalue weighted by molar-refractivity contribution is 0.101. The van der Waals surface area contributed by atoms with Crippen molar-refractivity contribution in [2.24, 2.45) is 0 Å². The molecule has 92 valence electrons. The van der Waals surface area contributed by atoms with Gasteiger partial charge >= 0.3 is 16.1 Å². The highest BCUT2D eigenvalue weighted by molar-refractivity contribution is 7.79. The fraction of sp³-hybridized carbons (Fsp3) is 0.222. The van der Waals surface area contributed by atoms with Gasteiger partial charge in [-0.05, 0) is 26.0 Å². The summed E-state index contributed by atoms with van der Waals surface area (Å²) in [7, 11) is -4.67. The van der Waals surface area contributed by atoms with Gasteiger partial charge in [0.1, 0.15) is 0 Å². The van der Waals surface area contributed by atoms with Crippen LogP contribution in [0.15, 0.2) is 18.2 Å². The maximum atomic E-state index is 10.9. The number of aryl methyl sites for hydroxylation is 1. The number of hydrogen-bond acceptors (Lipinski definition) is 4. The van der Waals surface area contributed by atoms with Crippen LogP contribution >= 0.6 is 0 Å². The minimum Gasteiger partial charge on any atom is -0.295 e. The molecule has 0 saturated carbocycles. The second-order valence-corrected chi connectivity index (χ2v) is 4.00. The summed E-state index contributed by atoms with van der Waals surface area (Å²) < 4.78 is 31.6. The average molecular weight is 259 g/mol. The van der Waals surface area contributed by atoms with Gasteiger partial charge in [0.15, 0.2) is 10.8 Å². The van der Waals surface area contributed by atoms with E-state index in [1.54, 1.807) is 25.1 Å². The Morgan fingerprint density at radius 2 is 1.82 bits per heavy atom. The molecule has 0 bridgehead atoms. The predicted molar refractivity (Wildman–Crippen MR) is 60.1 cm³/mol. The lowest BCUT2D eigenvalue weighted by Gasteiger charge is -1.93. The minimum absolute atomic E-state index is 0.0163. The van der Waals surface area contributed by atoms with Crippen LogP contribution in [0.5, 0.6) is 0 Å². The highest BCUT2D eigenvalue weighted by atomic mass is 32.3. The Kier molecular flexibility index (Phi) is 5.40. The molecule has 0 aliphatic rings. The number of nitrogens with zero attached hydrogens (tertiary/aromatic N) is 2. The summed E-state index contributed by atoms with van der Waals surface area (Å²) in [6.45, 7) is 3.30. The Morgan fingerprint density at radius 3 is 2.12 bits per heavy atom. The van der Waals surface area contributed by atoms with Crippen LogP contribution in [0.4, 0.5) is 5.69 Å². The van der Waals surface area contributed by atoms with Gasteiger partial charge in [-0.15, -0.1) is 0 Å². The molecule has 0 saturated heterocycles. The molecular formula is C9H11N2O5S+. The van der Waals surface area contributed by atoms with E-state index in [9.17, 15) is 4.79 Å². The summed E-state index contributed by atoms with van der Waals surface area (Å²) in [5, 5.41) is 8.49. The van der Waals surface area contributed by atoms with Crippen LogP contribution in [0.1, 0.15) is 22.8 Å². The zero-order valence-electron chi connectivity index (χ0n) is 9.15. The monoisotopic (exact) mass is 259 g/mol. The Morgan fingerprint density at radius 1 is 1.35 bits per heavy atom. The van der Waals surface area contributed by atoms with Crippen LogP contribution in [0.3, 0.4) is 0 Å². The molecular weight excluding hydrogens is 248 g/mol. The van der Waals surface area contributed by atoms with Gasteiger partial charge in [-0.25, -0.2) is 0 Å². The van der Waals surface area contributed by atoms with E-state index < -0.39 is 10.4 Å². The van der Waals surface area contributed by atoms with Crippen LogP contribution in [-0.4, -0.2) is 23.3 Å². The molecule has 7 nitrogen and oxygen atoms in total. The Labute approximate surface area is 98.3 Å². The van der Waals surface area contributed by atoms with Crippen LogP contribution in [0.25, 0.3) is 4.98 Å². The Balaban J connectivity index is 0.000000437. The highest BCUT2D eigenvalue weighted by Gasteiger charge is 2.10. The molecule has 1 rings (SSSR count). The smallest absolute Gasteiger partial charge is 0.295 e. The van der Waals surface area contributed by atoms with E-state index in [-0.39, 0.29) is 5.78 Å². The number of hydrogen-bond donors (Lipinski definition) is 2. The van der Waals surface area contributed by atoms with E-state index >= 15 is 0 Å². The van der Waals surface area contributed by atoms with Crippen molar-refractivity contribution < 1.29 is 22.3 Å². The lowest BCUT2D eigenvalue weighted by Crippen LogP contribution is -1.91. The molecule has 0 aliphatic carbocycles. The van der Waals surface area contributed by atoms with Crippen molar-refractivity contribution in [2.75, 3.05) is 0 Å². The summed E-state index contributed by atoms with van der Waals surface area (Å²) in [6.07, 6.45) is 0. The largest absolute Gasteiger partial charge is 0.394 e. The average Bonchev–Trinajstić information content (AvgIpc) is 2.14. The number of carbonyl (C=O) groups excluding carboxylic acids is 1. The fourth-order valence-corrected chi connectivity index (χ4v) is 0.987. The molecule has 2 N–H and O–H groups in total. The van der Waals surface area contributed by atoms with Crippen LogP contribution < -0.4 is 0 Å². The number of carbonyl (C=O) groups is 1. The molecule has 0 fully saturated rings. The first-order chi connectivity index (χ1) is 7.65. The van der Waals surface area contributed by atoms with E-state index in [1.807, 2.05) is 0 Å². The van der Waals surface area contributed by atoms with Crippen molar-refractivity contribution in [3.05, 3.63) is 34.3 Å². The first kappa shape index (κ1) is 15.2. The second kappa shape index (κ2) is 6.05. The quantitative estimate of drug-likeness (QED) is 0.452. The molecule has 0 aliphatic heterocycles. The molecule has 8 heteroatoms. The topological polar surface area (TPSA) is 120 Å². The molecule has 1 aromatic carbocycles. The van der Waals surface area contributed by atoms with E-state index in [0.29, 0.717) is 11.3 Å². The van der Waals surface area contributed by atoms with E-state index in [1.165, 1.54) is 6.92 Å². The van der Waals surface area contributed by atoms with Gasteiger partial charge in [0.05, 0.1) is 0 Å². The van der Waals surface area contributed by atoms with Gasteiger partial charge in [-0.2, -0.15) is 8.42 Å². The number of rotatable bonds is 1. The van der Waals surface area contributed by atoms with Gasteiger partial charge < -0.3 is 0 Å². The van der Waals surface area contributed by atoms with Gasteiger partial charge in [-0.3, -0.25) is 13.9 Å². The van der Waals surface area contributed by atoms with E-state index in [2.05, 4.69) is 4.98 Å². The summed E-state index contributed by atoms with van der Waals surface area (Å²) in [5.74, 6) is 0.0163. The first-order valence-corrected chi connectivity index (χ1v) is 5.71. The Bertz CT molecular complexity index is 551. The second-order valence-electron chi connectivity index (χ2n) is 3.11. The van der Waals surface area contributed by atoms with Crippen molar-refractivity contribution in [3.63, 3.8) is 0 Å². The number of Topliss-reactive ketones (excluding diaryl/α,β-unsaturated/α-hetero) is 1. The molecule has 0 spiro atoms. The van der Waals surface area contributed by atoms with Crippen molar-refractivity contribution in [3.8, 4) is 0 Å². The molecule has 0 radical (unpaired) electrons. The summed E-state index contributed by atoms with van der Waals surface area (Å²) in [5.41, 5.74) is 1.94. The zero-order valence-corrected chi connectivity index (χ0v) is 9.97. The third-order valence-electron chi connectivity index (χ3n) is 1.71. The SMILES string of the molecule is CC(=O)c1ccc([N+]#N)c(C)c1.O=S(=O)(O)O. The number of diazo groups is 1. The summed E-state index contributed by atoms with van der Waals surface area (Å²) >= 11 is 0. The third-order valence-corrected chi connectivity index (χ3v) is 1.71. The maximum absolute atomic E-state index is 10.9. The van der Waals surface area contributed by atoms with Crippen molar-refractivity contribution in [1.29, 1.82) is 5.39 Å². The Hall–Kier alpha value is -1.82. The minimum atomic E-state index is -4.67. The van der Waals surface area contributed by atoms with Crippen LogP contribution in [-0.2, 0) is 10.4 Å². The predicted octanol–water partition coefficient (Wildman–Crippen LogP) is 2.03. The van der Waals surface area contributed by atoms with Gasteiger partial charge in [0.25, 0.3) is 0 Å². The van der Waals surface area contributed by atoms with Crippen molar-refractivity contribution in [1.82, 2.24) is 0 Å². The molecule has 17 heavy (non-hydrogen) atoms. The fourth-order valence-electron chi connectivity index (χ4n) is 0.987. The van der Waals surface area contributed by atoms with Gasteiger partial charge in [0.2, 0.25) is 5.39 Å². The zero-order chi connectivity index (χ0) is 13.6. The molecule has 1 aromatic rings.